The largest absolute Gasteiger partial charge is 0.479 e. The highest BCUT2D eigenvalue weighted by Crippen LogP contribution is 2.76. The summed E-state index contributed by atoms with van der Waals surface area (Å²) in [4.78, 5) is 72.2. The predicted molar refractivity (Wildman–Crippen MR) is 471 cm³/mol. The molecule has 0 radical (unpaired) electrons. The third-order valence-corrected chi connectivity index (χ3v) is 33.4. The predicted octanol–water partition coefficient (Wildman–Crippen LogP) is -6.03. The number of aliphatic carboxylic acids is 1. The zero-order chi connectivity index (χ0) is 104. The number of hydrogen-bond donors (Lipinski definition) is 24. The summed E-state index contributed by atoms with van der Waals surface area (Å²) in [5.41, 5.74) is -7.82. The number of carbonyl (C=O) groups excluding carboxylic acids is 4. The van der Waals surface area contributed by atoms with Gasteiger partial charge in [0, 0.05) is 12.8 Å². The van der Waals surface area contributed by atoms with Crippen LogP contribution < -0.4 is 0 Å². The highest BCUT2D eigenvalue weighted by atomic mass is 16.8. The molecular weight excluding hydrogens is 1880 g/mol. The van der Waals surface area contributed by atoms with Gasteiger partial charge in [0.1, 0.15) is 152 Å². The lowest BCUT2D eigenvalue weighted by molar-refractivity contribution is -0.395. The zero-order valence-corrected chi connectivity index (χ0v) is 81.7. The standard InChI is InChI=1S/C94H154O47/c1-13-39(3)49(125-34-47(103)51(31-96)124-24-23-95)25-43(101)27-58(106)130-50(40(4)14-2)26-44(102)28-59(107)134-72-42(6)129-84(76(68(72)116)139-81-67(115)64(112)71(41(5)128-81)135-80-70(118)73(48(104)35-126-80)136-86-78(119)93(123,37-100)38-127-86)141-87(122)94-22-21-88(7,8)29-46(94)45-15-16-55-89(9)19-18-57(90(10,36-99)54(89)17-20-91(55,11)92(45,12)30-56(94)105)133-85-77(140-83-66(114)63(111)61(109)53(33-98)132-83)74(69(117)75(138-85)79(120)121)137-82-65(113)62(110)60(108)52(32-97)131-82/h15,36,39-44,46-57,60-78,80-86,95-98,100-105,108-119,123H,13-14,16-35,37-38H2,1-12H3,(H,120,121)/t39-,40-,41?,42?,43-,44-,46?,47?,48?,49-,50-,51-,52?,53?,54?,55?,56+,57-,60+,61-,62?,63?,64?,65?,66?,67?,68?,69+,70?,71-,72+,73-,74?,75?,76?,77?,78?,80+,81-,82-,83-,84-,85+,86-,89-,90-,91+,92+,93?,94+/m0/s1. The first kappa shape index (κ1) is 115. The van der Waals surface area contributed by atoms with Crippen LogP contribution in [-0.4, -0.2) is 457 Å². The summed E-state index contributed by atoms with van der Waals surface area (Å²) in [6, 6.07) is 0. The van der Waals surface area contributed by atoms with E-state index in [0.717, 1.165) is 11.9 Å². The molecule has 7 saturated heterocycles. The minimum Gasteiger partial charge on any atom is -0.479 e. The van der Waals surface area contributed by atoms with Crippen molar-refractivity contribution in [3.63, 3.8) is 0 Å². The van der Waals surface area contributed by atoms with E-state index in [1.807, 2.05) is 34.6 Å². The SMILES string of the molecule is CC[C@H](C)[C@H](C[C@H](O)CC(=O)O[C@@H](C[C@H](O)CC(=O)O[C@@H]1C(C)O[C@@H](OC(=O)[C@]23CCC(C)(C)CC2C2=CCC4[C@@]5(C)CC[C@H](O[C@@H]6OC(C(=O)O)[C@H](O)C(O[C@@H]7OC(CO)[C@@H](O)C(O)C7O)C6O[C@@H]6OC(CO)[C@H](O)C(O)C6O)[C@@](C)(C=O)C5CC[C@@]4(C)[C@]2(C)C[C@H]3O)C(O[C@@H]2OC(C)[C@H](O[C@H]3OCC(O)[C@H](O[C@@H]4OCC(O)(CO)C4O)C3O)C(O)C2O)C1O)[C@@H](C)CC)OCC(O)[C@H](CO)OCCO. The summed E-state index contributed by atoms with van der Waals surface area (Å²) in [5.74, 6) is -7.25. The van der Waals surface area contributed by atoms with Crippen molar-refractivity contribution >= 4 is 30.2 Å². The van der Waals surface area contributed by atoms with E-state index in [1.165, 1.54) is 13.8 Å². The van der Waals surface area contributed by atoms with Crippen molar-refractivity contribution in [2.75, 3.05) is 59.5 Å². The zero-order valence-electron chi connectivity index (χ0n) is 81.7. The molecular formula is C94H154O47. The number of esters is 3. The van der Waals surface area contributed by atoms with E-state index >= 15 is 4.79 Å². The Morgan fingerprint density at radius 2 is 1.10 bits per heavy atom. The Morgan fingerprint density at radius 3 is 1.69 bits per heavy atom. The first-order valence-electron chi connectivity index (χ1n) is 49.3. The van der Waals surface area contributed by atoms with Gasteiger partial charge in [0.25, 0.3) is 0 Å². The number of fused-ring (bicyclic) bond motifs is 7. The van der Waals surface area contributed by atoms with Crippen LogP contribution in [0.1, 0.15) is 179 Å². The fraction of sp³-hybridized carbons (Fsp3) is 0.926. The quantitative estimate of drug-likeness (QED) is 0.00891. The lowest BCUT2D eigenvalue weighted by atomic mass is 9.33. The summed E-state index contributed by atoms with van der Waals surface area (Å²) < 4.78 is 108. The molecule has 12 rings (SSSR count). The molecule has 23 unspecified atom stereocenters. The van der Waals surface area contributed by atoms with Gasteiger partial charge in [-0.15, -0.1) is 0 Å². The topological polar surface area (TPSA) is 737 Å². The first-order valence-corrected chi connectivity index (χ1v) is 49.3. The molecule has 7 heterocycles. The highest BCUT2D eigenvalue weighted by molar-refractivity contribution is 5.80. The number of carbonyl (C=O) groups is 5. The molecule has 11 fully saturated rings. The van der Waals surface area contributed by atoms with Gasteiger partial charge >= 0.3 is 23.9 Å². The summed E-state index contributed by atoms with van der Waals surface area (Å²) in [6.45, 7) is 16.4. The lowest BCUT2D eigenvalue weighted by Gasteiger charge is -2.71. The maximum absolute atomic E-state index is 16.4. The molecule has 4 saturated carbocycles. The molecule has 141 heavy (non-hydrogen) atoms. The fourth-order valence-electron chi connectivity index (χ4n) is 24.1. The summed E-state index contributed by atoms with van der Waals surface area (Å²) in [5, 5.41) is 266. The smallest absolute Gasteiger partial charge is 0.335 e. The Kier molecular flexibility index (Phi) is 38.6. The molecule has 0 aromatic heterocycles. The minimum atomic E-state index is -2.34. The molecule has 0 bridgehead atoms. The molecule has 812 valence electrons. The summed E-state index contributed by atoms with van der Waals surface area (Å²) in [7, 11) is 0. The van der Waals surface area contributed by atoms with E-state index in [1.54, 1.807) is 20.8 Å². The summed E-state index contributed by atoms with van der Waals surface area (Å²) in [6.07, 6.45) is -66.3. The Hall–Kier alpha value is -4.23. The van der Waals surface area contributed by atoms with Crippen LogP contribution in [0.3, 0.4) is 0 Å². The van der Waals surface area contributed by atoms with Gasteiger partial charge in [-0.05, 0) is 123 Å². The Balaban J connectivity index is 0.795. The molecule has 0 amide bonds. The van der Waals surface area contributed by atoms with E-state index < -0.39 is 372 Å². The summed E-state index contributed by atoms with van der Waals surface area (Å²) >= 11 is 0. The second-order valence-electron chi connectivity index (χ2n) is 42.9. The molecule has 5 aliphatic carbocycles. The van der Waals surface area contributed by atoms with Crippen LogP contribution in [0.5, 0.6) is 0 Å². The van der Waals surface area contributed by atoms with Gasteiger partial charge in [-0.2, -0.15) is 0 Å². The number of ether oxygens (including phenoxy) is 18. The van der Waals surface area contributed by atoms with Crippen molar-refractivity contribution in [2.24, 2.45) is 62.1 Å². The molecule has 47 heteroatoms. The lowest BCUT2D eigenvalue weighted by Crippen LogP contribution is -2.69. The second kappa shape index (κ2) is 47.1. The van der Waals surface area contributed by atoms with Gasteiger partial charge in [0.15, 0.2) is 56.1 Å². The molecule has 47 nitrogen and oxygen atoms in total. The normalized spacial score (nSPS) is 46.3. The Morgan fingerprint density at radius 1 is 0.532 bits per heavy atom. The van der Waals surface area contributed by atoms with Crippen LogP contribution in [0.2, 0.25) is 0 Å². The maximum Gasteiger partial charge on any atom is 0.335 e. The van der Waals surface area contributed by atoms with Crippen molar-refractivity contribution in [1.29, 1.82) is 0 Å². The van der Waals surface area contributed by atoms with E-state index in [9.17, 15) is 142 Å². The van der Waals surface area contributed by atoms with Crippen molar-refractivity contribution in [3.8, 4) is 0 Å². The Labute approximate surface area is 816 Å². The number of rotatable bonds is 41. The fourth-order valence-corrected chi connectivity index (χ4v) is 24.1. The molecule has 12 aliphatic rings. The van der Waals surface area contributed by atoms with Crippen LogP contribution in [0, 0.1) is 62.1 Å². The number of hydrogen-bond acceptors (Lipinski definition) is 46. The van der Waals surface area contributed by atoms with Crippen molar-refractivity contribution in [2.45, 2.75) is 424 Å². The number of carboxylic acid groups (broad SMARTS) is 1. The van der Waals surface area contributed by atoms with E-state index in [2.05, 4.69) is 19.9 Å². The van der Waals surface area contributed by atoms with Crippen LogP contribution in [-0.2, 0) is 109 Å². The Bertz CT molecular complexity index is 4100. The highest BCUT2D eigenvalue weighted by Gasteiger charge is 2.74. The van der Waals surface area contributed by atoms with Gasteiger partial charge in [0.05, 0.1) is 120 Å². The average molecular weight is 2040 g/mol. The third-order valence-electron chi connectivity index (χ3n) is 33.4. The molecule has 50 atom stereocenters. The van der Waals surface area contributed by atoms with Gasteiger partial charge in [0.2, 0.25) is 6.29 Å². The molecule has 0 spiro atoms. The monoisotopic (exact) mass is 2030 g/mol. The maximum atomic E-state index is 16.4. The number of aliphatic hydroxyl groups excluding tert-OH is 22. The van der Waals surface area contributed by atoms with Gasteiger partial charge in [-0.3, -0.25) is 14.4 Å². The molecule has 0 aromatic rings. The van der Waals surface area contributed by atoms with Crippen LogP contribution in [0.15, 0.2) is 11.6 Å². The second-order valence-corrected chi connectivity index (χ2v) is 42.9. The number of carboxylic acids is 1. The van der Waals surface area contributed by atoms with E-state index in [-0.39, 0.29) is 83.0 Å². The van der Waals surface area contributed by atoms with Crippen LogP contribution in [0.25, 0.3) is 0 Å². The molecule has 24 N–H and O–H groups in total. The molecule has 7 aliphatic heterocycles. The minimum absolute atomic E-state index is 0.00436. The van der Waals surface area contributed by atoms with Gasteiger partial charge in [-0.1, -0.05) is 93.7 Å². The first-order chi connectivity index (χ1) is 66.3. The number of aliphatic hydroxyl groups is 23. The number of allylic oxidation sites excluding steroid dienone is 2. The number of aldehydes is 1. The third kappa shape index (κ3) is 23.3. The van der Waals surface area contributed by atoms with Crippen LogP contribution in [0.4, 0.5) is 0 Å². The van der Waals surface area contributed by atoms with E-state index in [4.69, 9.17) is 85.3 Å². The van der Waals surface area contributed by atoms with Crippen molar-refractivity contribution in [1.82, 2.24) is 0 Å². The van der Waals surface area contributed by atoms with Crippen LogP contribution >= 0.6 is 0 Å². The average Bonchev–Trinajstić information content (AvgIpc) is 0.706. The van der Waals surface area contributed by atoms with E-state index in [0.29, 0.717) is 32.1 Å². The van der Waals surface area contributed by atoms with Crippen molar-refractivity contribution < 1.29 is 232 Å². The molecule has 0 aromatic carbocycles. The van der Waals surface area contributed by atoms with Crippen molar-refractivity contribution in [3.05, 3.63) is 11.6 Å². The van der Waals surface area contributed by atoms with Gasteiger partial charge in [-0.25, -0.2) is 4.79 Å². The van der Waals surface area contributed by atoms with Gasteiger partial charge < -0.3 is 213 Å².